The minimum absolute atomic E-state index is 0.0274. The van der Waals surface area contributed by atoms with Crippen molar-refractivity contribution in [2.45, 2.75) is 37.2 Å². The predicted molar refractivity (Wildman–Crippen MR) is 85.7 cm³/mol. The maximum Gasteiger partial charge on any atom is 0.334 e. The lowest BCUT2D eigenvalue weighted by Gasteiger charge is -2.29. The zero-order valence-electron chi connectivity index (χ0n) is 12.5. The SMILES string of the molecule is COC(CNC(=O)C1(c2cccc(Br)c2)CCCC1)C(=O)O. The Morgan fingerprint density at radius 1 is 1.41 bits per heavy atom. The quantitative estimate of drug-likeness (QED) is 0.807. The van der Waals surface area contributed by atoms with Crippen LogP contribution in [0, 0.1) is 0 Å². The van der Waals surface area contributed by atoms with Gasteiger partial charge < -0.3 is 15.2 Å². The first kappa shape index (κ1) is 17.0. The second-order valence-corrected chi connectivity index (χ2v) is 6.49. The summed E-state index contributed by atoms with van der Waals surface area (Å²) in [6.45, 7) is -0.0274. The molecular weight excluding hydrogens is 350 g/mol. The van der Waals surface area contributed by atoms with Gasteiger partial charge >= 0.3 is 5.97 Å². The lowest BCUT2D eigenvalue weighted by Crippen LogP contribution is -2.46. The lowest BCUT2D eigenvalue weighted by atomic mass is 9.78. The standard InChI is InChI=1S/C16H20BrNO4/c1-22-13(14(19)20)10-18-15(21)16(7-2-3-8-16)11-5-4-6-12(17)9-11/h4-6,9,13H,2-3,7-8,10H2,1H3,(H,18,21)(H,19,20). The van der Waals surface area contributed by atoms with E-state index in [9.17, 15) is 9.59 Å². The molecule has 1 unspecified atom stereocenters. The highest BCUT2D eigenvalue weighted by molar-refractivity contribution is 9.10. The molecule has 0 saturated heterocycles. The average Bonchev–Trinajstić information content (AvgIpc) is 2.98. The number of ether oxygens (including phenoxy) is 1. The fourth-order valence-electron chi connectivity index (χ4n) is 3.04. The van der Waals surface area contributed by atoms with E-state index in [-0.39, 0.29) is 12.5 Å². The summed E-state index contributed by atoms with van der Waals surface area (Å²) in [5.41, 5.74) is 0.404. The van der Waals surface area contributed by atoms with Crippen LogP contribution in [0.1, 0.15) is 31.2 Å². The van der Waals surface area contributed by atoms with Gasteiger partial charge in [-0.25, -0.2) is 4.79 Å². The zero-order valence-corrected chi connectivity index (χ0v) is 14.1. The Kier molecular flexibility index (Phi) is 5.58. The van der Waals surface area contributed by atoms with Crippen molar-refractivity contribution in [2.24, 2.45) is 0 Å². The van der Waals surface area contributed by atoms with Gasteiger partial charge in [0.2, 0.25) is 5.91 Å². The van der Waals surface area contributed by atoms with Crippen LogP contribution in [0.2, 0.25) is 0 Å². The highest BCUT2D eigenvalue weighted by Crippen LogP contribution is 2.42. The number of carbonyl (C=O) groups is 2. The van der Waals surface area contributed by atoms with Crippen LogP contribution >= 0.6 is 15.9 Å². The summed E-state index contributed by atoms with van der Waals surface area (Å²) in [5.74, 6) is -1.20. The molecule has 0 heterocycles. The highest BCUT2D eigenvalue weighted by atomic mass is 79.9. The molecule has 120 valence electrons. The number of halogens is 1. The first-order valence-corrected chi connectivity index (χ1v) is 8.09. The van der Waals surface area contributed by atoms with Gasteiger partial charge in [-0.3, -0.25) is 4.79 Å². The maximum absolute atomic E-state index is 12.7. The lowest BCUT2D eigenvalue weighted by molar-refractivity contribution is -0.148. The number of benzene rings is 1. The van der Waals surface area contributed by atoms with Crippen LogP contribution in [0.3, 0.4) is 0 Å². The number of nitrogens with one attached hydrogen (secondary N) is 1. The van der Waals surface area contributed by atoms with Crippen LogP contribution in [0.25, 0.3) is 0 Å². The van der Waals surface area contributed by atoms with E-state index < -0.39 is 17.5 Å². The Bertz CT molecular complexity index is 555. The molecule has 2 rings (SSSR count). The normalized spacial score (nSPS) is 17.9. The van der Waals surface area contributed by atoms with Gasteiger partial charge in [0.05, 0.1) is 12.0 Å². The molecule has 0 radical (unpaired) electrons. The number of amides is 1. The molecular formula is C16H20BrNO4. The first-order valence-electron chi connectivity index (χ1n) is 7.29. The van der Waals surface area contributed by atoms with Crippen molar-refractivity contribution in [1.82, 2.24) is 5.32 Å². The third-order valence-electron chi connectivity index (χ3n) is 4.28. The van der Waals surface area contributed by atoms with E-state index >= 15 is 0 Å². The number of aliphatic carboxylic acids is 1. The molecule has 22 heavy (non-hydrogen) atoms. The molecule has 1 aromatic carbocycles. The molecule has 5 nitrogen and oxygen atoms in total. The largest absolute Gasteiger partial charge is 0.479 e. The number of carbonyl (C=O) groups excluding carboxylic acids is 1. The van der Waals surface area contributed by atoms with Crippen LogP contribution in [-0.2, 0) is 19.7 Å². The smallest absolute Gasteiger partial charge is 0.334 e. The number of hydrogen-bond donors (Lipinski definition) is 2. The van der Waals surface area contributed by atoms with Gasteiger partial charge in [0.25, 0.3) is 0 Å². The Balaban J connectivity index is 2.17. The summed E-state index contributed by atoms with van der Waals surface area (Å²) in [5, 5.41) is 11.7. The minimum atomic E-state index is -1.08. The van der Waals surface area contributed by atoms with Crippen molar-refractivity contribution in [3.8, 4) is 0 Å². The van der Waals surface area contributed by atoms with Crippen LogP contribution in [0.15, 0.2) is 28.7 Å². The predicted octanol–water partition coefficient (Wildman–Crippen LogP) is 2.48. The summed E-state index contributed by atoms with van der Waals surface area (Å²) in [6, 6.07) is 7.77. The van der Waals surface area contributed by atoms with E-state index in [0.717, 1.165) is 35.7 Å². The van der Waals surface area contributed by atoms with Crippen molar-refractivity contribution in [3.05, 3.63) is 34.3 Å². The summed E-state index contributed by atoms with van der Waals surface area (Å²) < 4.78 is 5.80. The van der Waals surface area contributed by atoms with E-state index in [4.69, 9.17) is 9.84 Å². The van der Waals surface area contributed by atoms with E-state index in [1.54, 1.807) is 0 Å². The summed E-state index contributed by atoms with van der Waals surface area (Å²) >= 11 is 3.45. The Hall–Kier alpha value is -1.40. The molecule has 1 aliphatic carbocycles. The third-order valence-corrected chi connectivity index (χ3v) is 4.77. The van der Waals surface area contributed by atoms with E-state index in [1.807, 2.05) is 24.3 Å². The number of hydrogen-bond acceptors (Lipinski definition) is 3. The third kappa shape index (κ3) is 3.50. The highest BCUT2D eigenvalue weighted by Gasteiger charge is 2.42. The van der Waals surface area contributed by atoms with Crippen molar-refractivity contribution in [3.63, 3.8) is 0 Å². The van der Waals surface area contributed by atoms with Gasteiger partial charge in [-0.1, -0.05) is 40.9 Å². The molecule has 1 fully saturated rings. The van der Waals surface area contributed by atoms with Crippen LogP contribution in [-0.4, -0.2) is 36.7 Å². The molecule has 2 N–H and O–H groups in total. The summed E-state index contributed by atoms with van der Waals surface area (Å²) in [6.07, 6.45) is 2.52. The van der Waals surface area contributed by atoms with Gasteiger partial charge in [-0.15, -0.1) is 0 Å². The molecule has 1 aliphatic rings. The van der Waals surface area contributed by atoms with Crippen molar-refractivity contribution in [1.29, 1.82) is 0 Å². The zero-order chi connectivity index (χ0) is 16.2. The Labute approximate surface area is 138 Å². The molecule has 0 spiro atoms. The van der Waals surface area contributed by atoms with Gasteiger partial charge in [-0.05, 0) is 30.5 Å². The number of methoxy groups -OCH3 is 1. The number of rotatable bonds is 6. The second kappa shape index (κ2) is 7.24. The second-order valence-electron chi connectivity index (χ2n) is 5.57. The molecule has 0 aromatic heterocycles. The van der Waals surface area contributed by atoms with Crippen LogP contribution in [0.5, 0.6) is 0 Å². The molecule has 0 bridgehead atoms. The fraction of sp³-hybridized carbons (Fsp3) is 0.500. The Morgan fingerprint density at radius 2 is 2.09 bits per heavy atom. The number of carboxylic acids is 1. The van der Waals surface area contributed by atoms with Crippen LogP contribution in [0.4, 0.5) is 0 Å². The van der Waals surface area contributed by atoms with Crippen LogP contribution < -0.4 is 5.32 Å². The Morgan fingerprint density at radius 3 is 2.64 bits per heavy atom. The topological polar surface area (TPSA) is 75.6 Å². The molecule has 1 saturated carbocycles. The van der Waals surface area contributed by atoms with Gasteiger partial charge in [-0.2, -0.15) is 0 Å². The minimum Gasteiger partial charge on any atom is -0.479 e. The van der Waals surface area contributed by atoms with Gasteiger partial charge in [0.15, 0.2) is 6.10 Å². The maximum atomic E-state index is 12.7. The van der Waals surface area contributed by atoms with E-state index in [1.165, 1.54) is 7.11 Å². The molecule has 0 aliphatic heterocycles. The molecule has 1 aromatic rings. The van der Waals surface area contributed by atoms with Gasteiger partial charge in [0, 0.05) is 11.6 Å². The number of carboxylic acid groups (broad SMARTS) is 1. The fourth-order valence-corrected chi connectivity index (χ4v) is 3.44. The monoisotopic (exact) mass is 369 g/mol. The molecule has 1 amide bonds. The van der Waals surface area contributed by atoms with Crippen molar-refractivity contribution >= 4 is 27.8 Å². The molecule has 6 heteroatoms. The van der Waals surface area contributed by atoms with Gasteiger partial charge in [0.1, 0.15) is 0 Å². The van der Waals surface area contributed by atoms with Crippen molar-refractivity contribution < 1.29 is 19.4 Å². The summed E-state index contributed by atoms with van der Waals surface area (Å²) in [4.78, 5) is 23.7. The van der Waals surface area contributed by atoms with Crippen molar-refractivity contribution in [2.75, 3.05) is 13.7 Å². The van der Waals surface area contributed by atoms with E-state index in [0.29, 0.717) is 0 Å². The first-order chi connectivity index (χ1) is 10.5. The van der Waals surface area contributed by atoms with E-state index in [2.05, 4.69) is 21.2 Å². The summed E-state index contributed by atoms with van der Waals surface area (Å²) in [7, 11) is 1.32. The molecule has 1 atom stereocenters. The average molecular weight is 370 g/mol.